The predicted octanol–water partition coefficient (Wildman–Crippen LogP) is 1.71. The Kier molecular flexibility index (Phi) is 4.60. The summed E-state index contributed by atoms with van der Waals surface area (Å²) >= 11 is 6.04. The third kappa shape index (κ3) is 3.23. The number of nitrogens with zero attached hydrogens (tertiary/aromatic N) is 2. The third-order valence-corrected chi connectivity index (χ3v) is 3.64. The summed E-state index contributed by atoms with van der Waals surface area (Å²) in [4.78, 5) is 11.3. The minimum Gasteiger partial charge on any atom is -0.464 e. The number of carbonyl (C=O) groups excluding carboxylic acids is 1. The lowest BCUT2D eigenvalue weighted by Crippen LogP contribution is -2.28. The van der Waals surface area contributed by atoms with Gasteiger partial charge in [0.1, 0.15) is 5.15 Å². The second kappa shape index (κ2) is 6.20. The van der Waals surface area contributed by atoms with Crippen LogP contribution in [-0.4, -0.2) is 35.9 Å². The first-order valence-corrected chi connectivity index (χ1v) is 6.61. The number of aryl methyl sites for hydroxylation is 1. The van der Waals surface area contributed by atoms with Crippen LogP contribution in [0.5, 0.6) is 0 Å². The summed E-state index contributed by atoms with van der Waals surface area (Å²) in [7, 11) is 1.34. The summed E-state index contributed by atoms with van der Waals surface area (Å²) < 4.78 is 6.29. The van der Waals surface area contributed by atoms with Crippen LogP contribution in [0, 0.1) is 5.92 Å². The second-order valence-corrected chi connectivity index (χ2v) is 4.94. The van der Waals surface area contributed by atoms with Gasteiger partial charge in [-0.2, -0.15) is 5.10 Å². The standard InChI is InChI=1S/C12H18ClN3O2/c1-18-12(17)10-8-11(13)16(15-10)7-4-9-2-5-14-6-3-9/h8-9,14H,2-7H2,1H3. The fourth-order valence-corrected chi connectivity index (χ4v) is 2.46. The molecule has 6 heteroatoms. The van der Waals surface area contributed by atoms with E-state index in [-0.39, 0.29) is 5.69 Å². The molecule has 1 aromatic heterocycles. The van der Waals surface area contributed by atoms with Gasteiger partial charge in [0.05, 0.1) is 7.11 Å². The Bertz CT molecular complexity index is 413. The largest absolute Gasteiger partial charge is 0.464 e. The molecule has 5 nitrogen and oxygen atoms in total. The second-order valence-electron chi connectivity index (χ2n) is 4.55. The van der Waals surface area contributed by atoms with E-state index in [1.807, 2.05) is 0 Å². The van der Waals surface area contributed by atoms with Crippen LogP contribution < -0.4 is 5.32 Å². The van der Waals surface area contributed by atoms with Crippen molar-refractivity contribution in [1.82, 2.24) is 15.1 Å². The van der Waals surface area contributed by atoms with Gasteiger partial charge in [0.15, 0.2) is 5.69 Å². The molecular formula is C12H18ClN3O2. The quantitative estimate of drug-likeness (QED) is 0.847. The van der Waals surface area contributed by atoms with Gasteiger partial charge in [0, 0.05) is 12.6 Å². The van der Waals surface area contributed by atoms with E-state index in [2.05, 4.69) is 15.2 Å². The SMILES string of the molecule is COC(=O)c1cc(Cl)n(CCC2CCNCC2)n1. The molecule has 2 rings (SSSR count). The van der Waals surface area contributed by atoms with E-state index >= 15 is 0 Å². The molecule has 0 aromatic carbocycles. The minimum absolute atomic E-state index is 0.271. The van der Waals surface area contributed by atoms with Gasteiger partial charge < -0.3 is 10.1 Å². The van der Waals surface area contributed by atoms with Crippen LogP contribution in [0.25, 0.3) is 0 Å². The van der Waals surface area contributed by atoms with Gasteiger partial charge in [0.2, 0.25) is 0 Å². The third-order valence-electron chi connectivity index (χ3n) is 3.33. The van der Waals surface area contributed by atoms with Crippen LogP contribution in [0.4, 0.5) is 0 Å². The number of hydrogen-bond donors (Lipinski definition) is 1. The molecule has 1 fully saturated rings. The maximum atomic E-state index is 11.3. The van der Waals surface area contributed by atoms with E-state index in [1.165, 1.54) is 20.0 Å². The van der Waals surface area contributed by atoms with Crippen molar-refractivity contribution in [2.24, 2.45) is 5.92 Å². The number of hydrogen-bond acceptors (Lipinski definition) is 4. The molecule has 2 heterocycles. The molecule has 1 aliphatic rings. The molecule has 0 radical (unpaired) electrons. The van der Waals surface area contributed by atoms with Crippen molar-refractivity contribution in [2.45, 2.75) is 25.8 Å². The Hall–Kier alpha value is -1.07. The number of esters is 1. The molecule has 0 aliphatic carbocycles. The lowest BCUT2D eigenvalue weighted by Gasteiger charge is -2.22. The molecule has 1 aromatic rings. The highest BCUT2D eigenvalue weighted by atomic mass is 35.5. The number of methoxy groups -OCH3 is 1. The molecule has 0 atom stereocenters. The van der Waals surface area contributed by atoms with Crippen molar-refractivity contribution >= 4 is 17.6 Å². The van der Waals surface area contributed by atoms with Crippen LogP contribution in [-0.2, 0) is 11.3 Å². The average Bonchev–Trinajstić information content (AvgIpc) is 2.78. The van der Waals surface area contributed by atoms with E-state index in [1.54, 1.807) is 10.7 Å². The molecule has 1 saturated heterocycles. The monoisotopic (exact) mass is 271 g/mol. The first-order valence-electron chi connectivity index (χ1n) is 6.23. The average molecular weight is 272 g/mol. The molecule has 0 saturated carbocycles. The molecular weight excluding hydrogens is 254 g/mol. The Morgan fingerprint density at radius 1 is 1.61 bits per heavy atom. The topological polar surface area (TPSA) is 56.1 Å². The van der Waals surface area contributed by atoms with Crippen molar-refractivity contribution in [3.05, 3.63) is 16.9 Å². The van der Waals surface area contributed by atoms with Crippen molar-refractivity contribution in [3.8, 4) is 0 Å². The van der Waals surface area contributed by atoms with Crippen LogP contribution in [0.2, 0.25) is 5.15 Å². The van der Waals surface area contributed by atoms with Gasteiger partial charge in [0.25, 0.3) is 0 Å². The Morgan fingerprint density at radius 3 is 3.00 bits per heavy atom. The van der Waals surface area contributed by atoms with E-state index < -0.39 is 5.97 Å². The van der Waals surface area contributed by atoms with E-state index in [9.17, 15) is 4.79 Å². The molecule has 0 spiro atoms. The van der Waals surface area contributed by atoms with Crippen molar-refractivity contribution in [2.75, 3.05) is 20.2 Å². The van der Waals surface area contributed by atoms with Crippen LogP contribution in [0.3, 0.4) is 0 Å². The maximum absolute atomic E-state index is 11.3. The van der Waals surface area contributed by atoms with E-state index in [0.29, 0.717) is 11.1 Å². The van der Waals surface area contributed by atoms with E-state index in [4.69, 9.17) is 11.6 Å². The number of piperidine rings is 1. The van der Waals surface area contributed by atoms with E-state index in [0.717, 1.165) is 26.1 Å². The summed E-state index contributed by atoms with van der Waals surface area (Å²) in [5.41, 5.74) is 0.271. The van der Waals surface area contributed by atoms with Gasteiger partial charge in [-0.1, -0.05) is 11.6 Å². The first-order chi connectivity index (χ1) is 8.70. The highest BCUT2D eigenvalue weighted by molar-refractivity contribution is 6.29. The molecule has 0 amide bonds. The summed E-state index contributed by atoms with van der Waals surface area (Å²) in [6.07, 6.45) is 3.44. The summed E-state index contributed by atoms with van der Waals surface area (Å²) in [5, 5.41) is 7.99. The summed E-state index contributed by atoms with van der Waals surface area (Å²) in [6.45, 7) is 2.93. The number of nitrogens with one attached hydrogen (secondary N) is 1. The highest BCUT2D eigenvalue weighted by Crippen LogP contribution is 2.19. The van der Waals surface area contributed by atoms with Gasteiger partial charge >= 0.3 is 5.97 Å². The zero-order valence-corrected chi connectivity index (χ0v) is 11.2. The van der Waals surface area contributed by atoms with Crippen molar-refractivity contribution in [3.63, 3.8) is 0 Å². The lowest BCUT2D eigenvalue weighted by molar-refractivity contribution is 0.0593. The fraction of sp³-hybridized carbons (Fsp3) is 0.667. The number of aromatic nitrogens is 2. The molecule has 100 valence electrons. The molecule has 0 unspecified atom stereocenters. The number of carbonyl (C=O) groups is 1. The van der Waals surface area contributed by atoms with Crippen LogP contribution in [0.15, 0.2) is 6.07 Å². The molecule has 1 aliphatic heterocycles. The van der Waals surface area contributed by atoms with Gasteiger partial charge in [-0.3, -0.25) is 4.68 Å². The van der Waals surface area contributed by atoms with Crippen LogP contribution >= 0.6 is 11.6 Å². The number of ether oxygens (including phenoxy) is 1. The zero-order valence-electron chi connectivity index (χ0n) is 10.5. The Balaban J connectivity index is 1.92. The number of halogens is 1. The first kappa shape index (κ1) is 13.4. The molecule has 1 N–H and O–H groups in total. The van der Waals surface area contributed by atoms with Gasteiger partial charge in [-0.05, 0) is 38.3 Å². The van der Waals surface area contributed by atoms with Crippen molar-refractivity contribution < 1.29 is 9.53 Å². The molecule has 18 heavy (non-hydrogen) atoms. The van der Waals surface area contributed by atoms with Crippen LogP contribution in [0.1, 0.15) is 29.8 Å². The predicted molar refractivity (Wildman–Crippen MR) is 68.8 cm³/mol. The maximum Gasteiger partial charge on any atom is 0.358 e. The lowest BCUT2D eigenvalue weighted by atomic mass is 9.95. The zero-order chi connectivity index (χ0) is 13.0. The summed E-state index contributed by atoms with van der Waals surface area (Å²) in [6, 6.07) is 1.55. The Morgan fingerprint density at radius 2 is 2.33 bits per heavy atom. The van der Waals surface area contributed by atoms with Gasteiger partial charge in [-0.25, -0.2) is 4.79 Å². The van der Waals surface area contributed by atoms with Gasteiger partial charge in [-0.15, -0.1) is 0 Å². The smallest absolute Gasteiger partial charge is 0.358 e. The molecule has 0 bridgehead atoms. The van der Waals surface area contributed by atoms with Crippen molar-refractivity contribution in [1.29, 1.82) is 0 Å². The Labute approximate surface area is 111 Å². The minimum atomic E-state index is -0.447. The summed E-state index contributed by atoms with van der Waals surface area (Å²) in [5.74, 6) is 0.269. The highest BCUT2D eigenvalue weighted by Gasteiger charge is 2.16. The fourth-order valence-electron chi connectivity index (χ4n) is 2.23. The number of rotatable bonds is 4. The normalized spacial score (nSPS) is 16.8.